The van der Waals surface area contributed by atoms with Crippen LogP contribution in [0, 0.1) is 27.7 Å². The minimum atomic E-state index is -0.878. The van der Waals surface area contributed by atoms with Crippen LogP contribution >= 0.6 is 0 Å². The van der Waals surface area contributed by atoms with E-state index in [2.05, 4.69) is 5.32 Å². The van der Waals surface area contributed by atoms with E-state index in [0.717, 1.165) is 27.9 Å². The van der Waals surface area contributed by atoms with E-state index in [1.807, 2.05) is 52.0 Å². The maximum Gasteiger partial charge on any atom is 0.339 e. The van der Waals surface area contributed by atoms with Gasteiger partial charge in [-0.3, -0.25) is 4.79 Å². The van der Waals surface area contributed by atoms with Crippen molar-refractivity contribution in [2.45, 2.75) is 40.7 Å². The predicted molar refractivity (Wildman–Crippen MR) is 95.3 cm³/mol. The summed E-state index contributed by atoms with van der Waals surface area (Å²) in [6.07, 6.45) is -0.878. The highest BCUT2D eigenvalue weighted by Crippen LogP contribution is 2.22. The highest BCUT2D eigenvalue weighted by Gasteiger charge is 2.21. The molecule has 2 aromatic rings. The molecule has 0 aliphatic carbocycles. The number of carbonyl (C=O) groups excluding carboxylic acids is 2. The number of carbonyl (C=O) groups is 2. The van der Waals surface area contributed by atoms with Gasteiger partial charge in [0.05, 0.1) is 5.56 Å². The molecular formula is C20H23NO3. The van der Waals surface area contributed by atoms with Gasteiger partial charge in [0.2, 0.25) is 0 Å². The van der Waals surface area contributed by atoms with Crippen LogP contribution in [0.2, 0.25) is 0 Å². The summed E-state index contributed by atoms with van der Waals surface area (Å²) in [6, 6.07) is 11.2. The Bertz CT molecular complexity index is 757. The number of nitrogens with one attached hydrogen (secondary N) is 1. The fourth-order valence-corrected chi connectivity index (χ4v) is 2.68. The second kappa shape index (κ2) is 7.30. The molecule has 0 fully saturated rings. The Morgan fingerprint density at radius 3 is 2.12 bits per heavy atom. The zero-order valence-electron chi connectivity index (χ0n) is 14.8. The first-order valence-electron chi connectivity index (χ1n) is 7.95. The van der Waals surface area contributed by atoms with Crippen LogP contribution in [0.15, 0.2) is 36.4 Å². The smallest absolute Gasteiger partial charge is 0.339 e. The summed E-state index contributed by atoms with van der Waals surface area (Å²) < 4.78 is 5.30. The van der Waals surface area contributed by atoms with E-state index in [1.54, 1.807) is 19.1 Å². The summed E-state index contributed by atoms with van der Waals surface area (Å²) in [5.74, 6) is -0.833. The Labute approximate surface area is 142 Å². The van der Waals surface area contributed by atoms with Crippen molar-refractivity contribution in [3.05, 3.63) is 64.2 Å². The molecule has 1 amide bonds. The molecule has 0 saturated carbocycles. The lowest BCUT2D eigenvalue weighted by atomic mass is 10.0. The number of anilines is 1. The summed E-state index contributed by atoms with van der Waals surface area (Å²) in [4.78, 5) is 24.6. The third-order valence-electron chi connectivity index (χ3n) is 3.94. The van der Waals surface area contributed by atoms with Crippen LogP contribution in [0.5, 0.6) is 0 Å². The van der Waals surface area contributed by atoms with Crippen molar-refractivity contribution >= 4 is 17.6 Å². The van der Waals surface area contributed by atoms with Gasteiger partial charge in [0.25, 0.3) is 5.91 Å². The van der Waals surface area contributed by atoms with Crippen molar-refractivity contribution in [1.82, 2.24) is 0 Å². The first-order valence-corrected chi connectivity index (χ1v) is 7.95. The molecule has 0 aliphatic rings. The van der Waals surface area contributed by atoms with Crippen LogP contribution < -0.4 is 5.32 Å². The number of benzene rings is 2. The fraction of sp³-hybridized carbons (Fsp3) is 0.300. The van der Waals surface area contributed by atoms with E-state index >= 15 is 0 Å². The topological polar surface area (TPSA) is 55.4 Å². The molecule has 4 heteroatoms. The van der Waals surface area contributed by atoms with Crippen LogP contribution in [0.25, 0.3) is 0 Å². The van der Waals surface area contributed by atoms with Crippen molar-refractivity contribution in [3.8, 4) is 0 Å². The normalized spacial score (nSPS) is 11.7. The largest absolute Gasteiger partial charge is 0.449 e. The maximum atomic E-state index is 12.4. The Balaban J connectivity index is 2.08. The molecule has 24 heavy (non-hydrogen) atoms. The standard InChI is InChI=1S/C20H23NO3/c1-12-10-14(3)18(15(4)11-12)21-19(22)16(5)24-20(23)17-9-7-6-8-13(17)2/h6-11,16H,1-5H3,(H,21,22)/t16-/m1/s1. The van der Waals surface area contributed by atoms with Gasteiger partial charge < -0.3 is 10.1 Å². The number of esters is 1. The lowest BCUT2D eigenvalue weighted by Crippen LogP contribution is -2.30. The third kappa shape index (κ3) is 4.02. The third-order valence-corrected chi connectivity index (χ3v) is 3.94. The Morgan fingerprint density at radius 1 is 0.958 bits per heavy atom. The Morgan fingerprint density at radius 2 is 1.54 bits per heavy atom. The van der Waals surface area contributed by atoms with Gasteiger partial charge in [-0.25, -0.2) is 4.79 Å². The molecule has 1 N–H and O–H groups in total. The van der Waals surface area contributed by atoms with Gasteiger partial charge in [0.1, 0.15) is 0 Å². The molecule has 0 bridgehead atoms. The van der Waals surface area contributed by atoms with Gasteiger partial charge in [-0.05, 0) is 57.4 Å². The SMILES string of the molecule is Cc1cc(C)c(NC(=O)[C@@H](C)OC(=O)c2ccccc2C)c(C)c1. The Hall–Kier alpha value is -2.62. The monoisotopic (exact) mass is 325 g/mol. The molecule has 2 rings (SSSR count). The molecule has 0 heterocycles. The van der Waals surface area contributed by atoms with Crippen LogP contribution in [0.1, 0.15) is 39.5 Å². The molecule has 0 unspecified atom stereocenters. The van der Waals surface area contributed by atoms with Gasteiger partial charge in [0.15, 0.2) is 6.10 Å². The molecule has 4 nitrogen and oxygen atoms in total. The molecule has 0 radical (unpaired) electrons. The van der Waals surface area contributed by atoms with E-state index in [-0.39, 0.29) is 5.91 Å². The molecule has 0 spiro atoms. The quantitative estimate of drug-likeness (QED) is 0.861. The lowest BCUT2D eigenvalue weighted by Gasteiger charge is -2.17. The van der Waals surface area contributed by atoms with E-state index in [9.17, 15) is 9.59 Å². The van der Waals surface area contributed by atoms with Crippen LogP contribution in [0.3, 0.4) is 0 Å². The lowest BCUT2D eigenvalue weighted by molar-refractivity contribution is -0.123. The molecule has 126 valence electrons. The fourth-order valence-electron chi connectivity index (χ4n) is 2.68. The van der Waals surface area contributed by atoms with Crippen LogP contribution in [-0.4, -0.2) is 18.0 Å². The van der Waals surface area contributed by atoms with Crippen molar-refractivity contribution in [2.75, 3.05) is 5.32 Å². The van der Waals surface area contributed by atoms with Crippen LogP contribution in [-0.2, 0) is 9.53 Å². The predicted octanol–water partition coefficient (Wildman–Crippen LogP) is 4.10. The van der Waals surface area contributed by atoms with Crippen molar-refractivity contribution in [3.63, 3.8) is 0 Å². The number of amides is 1. The second-order valence-electron chi connectivity index (χ2n) is 6.13. The highest BCUT2D eigenvalue weighted by molar-refractivity contribution is 5.98. The van der Waals surface area contributed by atoms with Crippen LogP contribution in [0.4, 0.5) is 5.69 Å². The first kappa shape index (κ1) is 17.7. The second-order valence-corrected chi connectivity index (χ2v) is 6.13. The molecule has 0 aliphatic heterocycles. The zero-order valence-corrected chi connectivity index (χ0v) is 14.8. The van der Waals surface area contributed by atoms with E-state index in [1.165, 1.54) is 0 Å². The molecule has 0 saturated heterocycles. The zero-order chi connectivity index (χ0) is 17.9. The number of ether oxygens (including phenoxy) is 1. The average Bonchev–Trinajstić information content (AvgIpc) is 2.50. The minimum absolute atomic E-state index is 0.341. The molecular weight excluding hydrogens is 302 g/mol. The van der Waals surface area contributed by atoms with Crippen molar-refractivity contribution in [2.24, 2.45) is 0 Å². The number of hydrogen-bond donors (Lipinski definition) is 1. The van der Waals surface area contributed by atoms with Gasteiger partial charge in [-0.2, -0.15) is 0 Å². The molecule has 1 atom stereocenters. The van der Waals surface area contributed by atoms with E-state index < -0.39 is 12.1 Å². The van der Waals surface area contributed by atoms with Gasteiger partial charge >= 0.3 is 5.97 Å². The highest BCUT2D eigenvalue weighted by atomic mass is 16.5. The van der Waals surface area contributed by atoms with Gasteiger partial charge in [-0.15, -0.1) is 0 Å². The van der Waals surface area contributed by atoms with E-state index in [0.29, 0.717) is 5.56 Å². The Kier molecular flexibility index (Phi) is 5.39. The van der Waals surface area contributed by atoms with Gasteiger partial charge in [0, 0.05) is 5.69 Å². The number of hydrogen-bond acceptors (Lipinski definition) is 3. The summed E-state index contributed by atoms with van der Waals surface area (Å²) >= 11 is 0. The number of rotatable bonds is 4. The summed E-state index contributed by atoms with van der Waals surface area (Å²) in [7, 11) is 0. The molecule has 0 aromatic heterocycles. The molecule has 2 aromatic carbocycles. The minimum Gasteiger partial charge on any atom is -0.449 e. The average molecular weight is 325 g/mol. The summed E-state index contributed by atoms with van der Waals surface area (Å²) in [5.41, 5.74) is 5.17. The van der Waals surface area contributed by atoms with E-state index in [4.69, 9.17) is 4.74 Å². The van der Waals surface area contributed by atoms with Crippen molar-refractivity contribution in [1.29, 1.82) is 0 Å². The summed E-state index contributed by atoms with van der Waals surface area (Å²) in [6.45, 7) is 9.31. The number of aryl methyl sites for hydroxylation is 4. The van der Waals surface area contributed by atoms with Crippen molar-refractivity contribution < 1.29 is 14.3 Å². The summed E-state index contributed by atoms with van der Waals surface area (Å²) in [5, 5.41) is 2.86. The van der Waals surface area contributed by atoms with Gasteiger partial charge in [-0.1, -0.05) is 35.9 Å². The maximum absolute atomic E-state index is 12.4. The first-order chi connectivity index (χ1) is 11.3.